The Bertz CT molecular complexity index is 248. The van der Waals surface area contributed by atoms with E-state index in [9.17, 15) is 0 Å². The molecule has 1 N–H and O–H groups in total. The van der Waals surface area contributed by atoms with Gasteiger partial charge in [-0.2, -0.15) is 0 Å². The fourth-order valence-corrected chi connectivity index (χ4v) is 1.31. The summed E-state index contributed by atoms with van der Waals surface area (Å²) in [4.78, 5) is 0. The Morgan fingerprint density at radius 3 is 2.82 bits per heavy atom. The molecule has 11 heavy (non-hydrogen) atoms. The number of phenols is 1. The van der Waals surface area contributed by atoms with Gasteiger partial charge < -0.3 is 9.84 Å². The number of alkyl halides is 1. The zero-order chi connectivity index (χ0) is 8.27. The van der Waals surface area contributed by atoms with Crippen molar-refractivity contribution in [1.82, 2.24) is 0 Å². The van der Waals surface area contributed by atoms with Crippen LogP contribution >= 0.6 is 15.9 Å². The van der Waals surface area contributed by atoms with Crippen LogP contribution in [-0.2, 0) is 5.33 Å². The fraction of sp³-hybridized carbons (Fsp3) is 0.250. The Kier molecular flexibility index (Phi) is 2.76. The molecule has 1 aromatic rings. The summed E-state index contributed by atoms with van der Waals surface area (Å²) in [6, 6.07) is 5.02. The van der Waals surface area contributed by atoms with Crippen molar-refractivity contribution in [2.24, 2.45) is 0 Å². The normalized spacial score (nSPS) is 9.64. The fourth-order valence-electron chi connectivity index (χ4n) is 0.869. The van der Waals surface area contributed by atoms with Gasteiger partial charge in [0, 0.05) is 10.9 Å². The average molecular weight is 217 g/mol. The number of ether oxygens (including phenoxy) is 1. The van der Waals surface area contributed by atoms with Crippen molar-refractivity contribution in [3.63, 3.8) is 0 Å². The maximum Gasteiger partial charge on any atom is 0.123 e. The van der Waals surface area contributed by atoms with Gasteiger partial charge in [0.1, 0.15) is 11.5 Å². The largest absolute Gasteiger partial charge is 0.508 e. The lowest BCUT2D eigenvalue weighted by molar-refractivity contribution is 0.408. The lowest BCUT2D eigenvalue weighted by Crippen LogP contribution is -1.87. The molecular formula is C8H9BrO2. The third kappa shape index (κ3) is 1.87. The molecule has 0 atom stereocenters. The highest BCUT2D eigenvalue weighted by atomic mass is 79.9. The summed E-state index contributed by atoms with van der Waals surface area (Å²) in [5, 5.41) is 9.77. The molecule has 0 fully saturated rings. The van der Waals surface area contributed by atoms with E-state index in [4.69, 9.17) is 9.84 Å². The molecule has 0 aliphatic carbocycles. The minimum Gasteiger partial charge on any atom is -0.508 e. The van der Waals surface area contributed by atoms with Gasteiger partial charge in [-0.05, 0) is 18.2 Å². The summed E-state index contributed by atoms with van der Waals surface area (Å²) in [6.07, 6.45) is 0. The van der Waals surface area contributed by atoms with Gasteiger partial charge in [-0.15, -0.1) is 0 Å². The predicted molar refractivity (Wildman–Crippen MR) is 47.3 cm³/mol. The van der Waals surface area contributed by atoms with Gasteiger partial charge >= 0.3 is 0 Å². The first-order valence-electron chi connectivity index (χ1n) is 3.19. The summed E-state index contributed by atoms with van der Waals surface area (Å²) in [5.74, 6) is 1.06. The van der Waals surface area contributed by atoms with Gasteiger partial charge in [-0.25, -0.2) is 0 Å². The summed E-state index contributed by atoms with van der Waals surface area (Å²) in [7, 11) is 1.61. The van der Waals surface area contributed by atoms with Crippen LogP contribution in [-0.4, -0.2) is 12.2 Å². The van der Waals surface area contributed by atoms with Gasteiger partial charge in [-0.3, -0.25) is 0 Å². The molecule has 0 bridgehead atoms. The SMILES string of the molecule is COc1ccc(O)cc1CBr. The molecule has 0 unspecified atom stereocenters. The molecule has 0 amide bonds. The Labute approximate surface area is 73.9 Å². The zero-order valence-corrected chi connectivity index (χ0v) is 7.76. The van der Waals surface area contributed by atoms with Crippen LogP contribution in [0, 0.1) is 0 Å². The molecule has 0 spiro atoms. The van der Waals surface area contributed by atoms with Crippen LogP contribution in [0.5, 0.6) is 11.5 Å². The van der Waals surface area contributed by atoms with Crippen LogP contribution in [0.25, 0.3) is 0 Å². The number of phenolic OH excluding ortho intramolecular Hbond substituents is 1. The van der Waals surface area contributed by atoms with Crippen LogP contribution in [0.1, 0.15) is 5.56 Å². The van der Waals surface area contributed by atoms with E-state index in [-0.39, 0.29) is 5.75 Å². The highest BCUT2D eigenvalue weighted by molar-refractivity contribution is 9.08. The van der Waals surface area contributed by atoms with Gasteiger partial charge in [-0.1, -0.05) is 15.9 Å². The van der Waals surface area contributed by atoms with Gasteiger partial charge in [0.25, 0.3) is 0 Å². The highest BCUT2D eigenvalue weighted by Gasteiger charge is 2.00. The third-order valence-electron chi connectivity index (χ3n) is 1.41. The number of rotatable bonds is 2. The molecule has 0 heterocycles. The standard InChI is InChI=1S/C8H9BrO2/c1-11-8-3-2-7(10)4-6(8)5-9/h2-4,10H,5H2,1H3. The second-order valence-corrected chi connectivity index (χ2v) is 2.69. The van der Waals surface area contributed by atoms with Crippen molar-refractivity contribution in [3.8, 4) is 11.5 Å². The van der Waals surface area contributed by atoms with Crippen LogP contribution in [0.3, 0.4) is 0 Å². The first-order chi connectivity index (χ1) is 5.27. The number of halogens is 1. The molecular weight excluding hydrogens is 208 g/mol. The van der Waals surface area contributed by atoms with E-state index in [2.05, 4.69) is 15.9 Å². The van der Waals surface area contributed by atoms with Crippen molar-refractivity contribution in [2.45, 2.75) is 5.33 Å². The topological polar surface area (TPSA) is 29.5 Å². The molecule has 3 heteroatoms. The smallest absolute Gasteiger partial charge is 0.123 e. The molecule has 0 aromatic heterocycles. The minimum atomic E-state index is 0.264. The van der Waals surface area contributed by atoms with Crippen LogP contribution < -0.4 is 4.74 Å². The Hall–Kier alpha value is -0.700. The summed E-state index contributed by atoms with van der Waals surface area (Å²) in [5.41, 5.74) is 0.951. The Balaban J connectivity index is 3.06. The third-order valence-corrected chi connectivity index (χ3v) is 2.01. The lowest BCUT2D eigenvalue weighted by Gasteiger charge is -2.04. The first kappa shape index (κ1) is 8.40. The monoisotopic (exact) mass is 216 g/mol. The summed E-state index contributed by atoms with van der Waals surface area (Å²) < 4.78 is 5.05. The van der Waals surface area contributed by atoms with Crippen molar-refractivity contribution >= 4 is 15.9 Å². The Morgan fingerprint density at radius 1 is 1.55 bits per heavy atom. The molecule has 0 radical (unpaired) electrons. The lowest BCUT2D eigenvalue weighted by atomic mass is 10.2. The van der Waals surface area contributed by atoms with Gasteiger partial charge in [0.05, 0.1) is 7.11 Å². The molecule has 1 rings (SSSR count). The van der Waals surface area contributed by atoms with E-state index in [0.717, 1.165) is 11.3 Å². The highest BCUT2D eigenvalue weighted by Crippen LogP contribution is 2.24. The second-order valence-electron chi connectivity index (χ2n) is 2.13. The van der Waals surface area contributed by atoms with Crippen LogP contribution in [0.15, 0.2) is 18.2 Å². The van der Waals surface area contributed by atoms with Crippen molar-refractivity contribution in [2.75, 3.05) is 7.11 Å². The van der Waals surface area contributed by atoms with Crippen LogP contribution in [0.2, 0.25) is 0 Å². The van der Waals surface area contributed by atoms with E-state index in [1.807, 2.05) is 0 Å². The van der Waals surface area contributed by atoms with E-state index in [1.165, 1.54) is 0 Å². The molecule has 0 aliphatic heterocycles. The van der Waals surface area contributed by atoms with Crippen molar-refractivity contribution < 1.29 is 9.84 Å². The van der Waals surface area contributed by atoms with Gasteiger partial charge in [0.2, 0.25) is 0 Å². The van der Waals surface area contributed by atoms with E-state index in [1.54, 1.807) is 25.3 Å². The molecule has 1 aromatic carbocycles. The average Bonchev–Trinajstić information content (AvgIpc) is 2.04. The van der Waals surface area contributed by atoms with Crippen LogP contribution in [0.4, 0.5) is 0 Å². The van der Waals surface area contributed by atoms with E-state index < -0.39 is 0 Å². The number of benzene rings is 1. The second kappa shape index (κ2) is 3.62. The van der Waals surface area contributed by atoms with E-state index >= 15 is 0 Å². The molecule has 0 aliphatic rings. The molecule has 0 saturated heterocycles. The van der Waals surface area contributed by atoms with Crippen molar-refractivity contribution in [3.05, 3.63) is 23.8 Å². The first-order valence-corrected chi connectivity index (χ1v) is 4.32. The molecule has 60 valence electrons. The maximum atomic E-state index is 9.09. The Morgan fingerprint density at radius 2 is 2.27 bits per heavy atom. The minimum absolute atomic E-state index is 0.264. The number of methoxy groups -OCH3 is 1. The number of aromatic hydroxyl groups is 1. The number of hydrogen-bond donors (Lipinski definition) is 1. The molecule has 0 saturated carbocycles. The van der Waals surface area contributed by atoms with Crippen molar-refractivity contribution in [1.29, 1.82) is 0 Å². The summed E-state index contributed by atoms with van der Waals surface area (Å²) >= 11 is 3.29. The zero-order valence-electron chi connectivity index (χ0n) is 6.17. The number of hydrogen-bond acceptors (Lipinski definition) is 2. The quantitative estimate of drug-likeness (QED) is 0.770. The maximum absolute atomic E-state index is 9.09. The molecule has 2 nitrogen and oxygen atoms in total. The van der Waals surface area contributed by atoms with Gasteiger partial charge in [0.15, 0.2) is 0 Å². The predicted octanol–water partition coefficient (Wildman–Crippen LogP) is 2.30. The summed E-state index contributed by atoms with van der Waals surface area (Å²) in [6.45, 7) is 0. The van der Waals surface area contributed by atoms with E-state index in [0.29, 0.717) is 5.33 Å².